The smallest absolute Gasteiger partial charge is 0.262 e. The molecule has 8 bridgehead atoms. The number of fused-ring (bicyclic) bond motifs is 9. The third-order valence-electron chi connectivity index (χ3n) is 6.32. The van der Waals surface area contributed by atoms with Crippen LogP contribution < -0.4 is 14.8 Å². The van der Waals surface area contributed by atoms with Crippen LogP contribution in [0.1, 0.15) is 32.6 Å². The Kier molecular flexibility index (Phi) is 5.89. The number of amides is 1. The summed E-state index contributed by atoms with van der Waals surface area (Å²) in [5, 5.41) is 2.86. The van der Waals surface area contributed by atoms with Gasteiger partial charge in [0, 0.05) is 27.1 Å². The molecule has 3 aliphatic rings. The average molecular weight is 552 g/mol. The first kappa shape index (κ1) is 23.9. The fourth-order valence-corrected chi connectivity index (χ4v) is 8.14. The third kappa shape index (κ3) is 4.24. The van der Waals surface area contributed by atoms with Gasteiger partial charge in [-0.05, 0) is 48.9 Å². The Labute approximate surface area is 221 Å². The minimum absolute atomic E-state index is 0.0259. The van der Waals surface area contributed by atoms with Gasteiger partial charge in [0.05, 0.1) is 40.4 Å². The second kappa shape index (κ2) is 9.12. The van der Waals surface area contributed by atoms with Crippen LogP contribution in [-0.4, -0.2) is 49.8 Å². The van der Waals surface area contributed by atoms with Gasteiger partial charge in [0.1, 0.15) is 12.0 Å². The number of anilines is 1. The van der Waals surface area contributed by atoms with E-state index in [-0.39, 0.29) is 39.2 Å². The van der Waals surface area contributed by atoms with Gasteiger partial charge in [-0.1, -0.05) is 6.07 Å². The Balaban J connectivity index is 1.50. The molecule has 3 aromatic rings. The van der Waals surface area contributed by atoms with E-state index in [9.17, 15) is 13.2 Å². The molecule has 2 aromatic heterocycles. The molecule has 0 saturated carbocycles. The van der Waals surface area contributed by atoms with Gasteiger partial charge in [0.15, 0.2) is 0 Å². The van der Waals surface area contributed by atoms with Gasteiger partial charge in [0.2, 0.25) is 5.88 Å². The van der Waals surface area contributed by atoms with Crippen molar-refractivity contribution in [3.8, 4) is 5.88 Å². The Morgan fingerprint density at radius 3 is 2.84 bits per heavy atom. The van der Waals surface area contributed by atoms with Crippen LogP contribution in [0, 0.1) is 0 Å². The molecule has 0 aliphatic carbocycles. The van der Waals surface area contributed by atoms with E-state index < -0.39 is 10.0 Å². The molecule has 0 fully saturated rings. The molecule has 37 heavy (non-hydrogen) atoms. The number of pyridine rings is 1. The van der Waals surface area contributed by atoms with E-state index in [0.29, 0.717) is 6.54 Å². The van der Waals surface area contributed by atoms with Crippen molar-refractivity contribution in [2.75, 3.05) is 11.8 Å². The van der Waals surface area contributed by atoms with E-state index in [2.05, 4.69) is 25.0 Å². The lowest BCUT2D eigenvalue weighted by molar-refractivity contribution is 0.0951. The first-order chi connectivity index (χ1) is 17.8. The minimum Gasteiger partial charge on any atom is -0.480 e. The van der Waals surface area contributed by atoms with E-state index in [4.69, 9.17) is 4.74 Å². The predicted molar refractivity (Wildman–Crippen MR) is 146 cm³/mol. The van der Waals surface area contributed by atoms with Crippen molar-refractivity contribution < 1.29 is 17.9 Å². The zero-order chi connectivity index (χ0) is 25.7. The molecule has 0 spiro atoms. The quantitative estimate of drug-likeness (QED) is 0.472. The molecule has 2 atom stereocenters. The summed E-state index contributed by atoms with van der Waals surface area (Å²) in [5.41, 5.74) is 3.19. The number of hydrogen-bond donors (Lipinski definition) is 2. The summed E-state index contributed by atoms with van der Waals surface area (Å²) < 4.78 is 34.6. The topological polar surface area (TPSA) is 122 Å². The number of hydrogen-bond acceptors (Lipinski definition) is 9. The largest absolute Gasteiger partial charge is 0.480 e. The molecular formula is C25H21N5O4S3. The van der Waals surface area contributed by atoms with Gasteiger partial charge in [-0.25, -0.2) is 18.4 Å². The van der Waals surface area contributed by atoms with Crippen molar-refractivity contribution in [2.45, 2.75) is 29.7 Å². The van der Waals surface area contributed by atoms with Crippen molar-refractivity contribution in [3.63, 3.8) is 0 Å². The minimum atomic E-state index is -4.04. The van der Waals surface area contributed by atoms with Crippen molar-refractivity contribution in [1.29, 1.82) is 0 Å². The number of methoxy groups -OCH3 is 1. The average Bonchev–Trinajstić information content (AvgIpc) is 3.51. The highest BCUT2D eigenvalue weighted by Crippen LogP contribution is 2.48. The number of aromatic nitrogens is 1. The molecule has 0 radical (unpaired) electrons. The van der Waals surface area contributed by atoms with Crippen LogP contribution in [0.15, 0.2) is 69.1 Å². The van der Waals surface area contributed by atoms with Crippen LogP contribution in [-0.2, 0) is 16.6 Å². The molecule has 9 nitrogen and oxygen atoms in total. The fourth-order valence-electron chi connectivity index (χ4n) is 4.48. The lowest BCUT2D eigenvalue weighted by Gasteiger charge is -2.21. The molecule has 3 aliphatic heterocycles. The molecular weight excluding hydrogens is 531 g/mol. The van der Waals surface area contributed by atoms with Crippen molar-refractivity contribution in [3.05, 3.63) is 75.1 Å². The van der Waals surface area contributed by atoms with E-state index in [1.165, 1.54) is 19.2 Å². The summed E-state index contributed by atoms with van der Waals surface area (Å²) in [6.45, 7) is 2.35. The van der Waals surface area contributed by atoms with Crippen LogP contribution >= 0.6 is 23.1 Å². The summed E-state index contributed by atoms with van der Waals surface area (Å²) in [4.78, 5) is 29.4. The molecule has 0 saturated heterocycles. The Morgan fingerprint density at radius 1 is 1.14 bits per heavy atom. The summed E-state index contributed by atoms with van der Waals surface area (Å²) in [5.74, 6) is -0.229. The molecule has 1 amide bonds. The Morgan fingerprint density at radius 2 is 2.00 bits per heavy atom. The molecule has 6 rings (SSSR count). The highest BCUT2D eigenvalue weighted by Gasteiger charge is 2.39. The third-order valence-corrected chi connectivity index (χ3v) is 10.3. The van der Waals surface area contributed by atoms with Crippen LogP contribution in [0.25, 0.3) is 4.91 Å². The molecule has 5 heterocycles. The molecule has 12 heteroatoms. The number of thiophene rings is 1. The van der Waals surface area contributed by atoms with Gasteiger partial charge >= 0.3 is 0 Å². The predicted octanol–water partition coefficient (Wildman–Crippen LogP) is 3.94. The zero-order valence-electron chi connectivity index (χ0n) is 19.8. The number of nitrogens with one attached hydrogen (secondary N) is 2. The Bertz CT molecular complexity index is 1640. The summed E-state index contributed by atoms with van der Waals surface area (Å²) in [6.07, 6.45) is 3.28. The second-order valence-corrected chi connectivity index (χ2v) is 12.6. The van der Waals surface area contributed by atoms with Gasteiger partial charge in [-0.2, -0.15) is 0 Å². The number of benzene rings is 1. The molecule has 188 valence electrons. The van der Waals surface area contributed by atoms with Crippen molar-refractivity contribution in [1.82, 2.24) is 10.3 Å². The van der Waals surface area contributed by atoms with E-state index >= 15 is 0 Å². The monoisotopic (exact) mass is 551 g/mol. The number of carbonyl (C=O) groups excluding carboxylic acids is 1. The number of nitrogens with zero attached hydrogens (tertiary/aromatic N) is 3. The normalized spacial score (nSPS) is 21.9. The number of sulfonamides is 1. The second-order valence-electron chi connectivity index (χ2n) is 8.64. The number of aliphatic imine (C=N–C) groups is 2. The van der Waals surface area contributed by atoms with Crippen LogP contribution in [0.5, 0.6) is 5.88 Å². The summed E-state index contributed by atoms with van der Waals surface area (Å²) in [6, 6.07) is 11.5. The lowest BCUT2D eigenvalue weighted by Crippen LogP contribution is -2.30. The fraction of sp³-hybridized carbons (Fsp3) is 0.200. The molecule has 2 unspecified atom stereocenters. The maximum atomic E-state index is 13.3. The Hall–Kier alpha value is -3.48. The summed E-state index contributed by atoms with van der Waals surface area (Å²) >= 11 is 3.21. The first-order valence-corrected chi connectivity index (χ1v) is 14.5. The number of thioether (sulfide) groups is 1. The van der Waals surface area contributed by atoms with E-state index in [1.807, 2.05) is 19.1 Å². The molecule has 2 N–H and O–H groups in total. The van der Waals surface area contributed by atoms with Crippen molar-refractivity contribution in [2.24, 2.45) is 9.98 Å². The SMILES string of the molecule is COc1ncc2cc1NS(=O)(=O)c1cccc(c1)C(=O)NCc1ccc(s1)C1=NC=NC3C(C)=C2SC13. The first-order valence-electron chi connectivity index (χ1n) is 11.4. The van der Waals surface area contributed by atoms with Crippen LogP contribution in [0.2, 0.25) is 0 Å². The zero-order valence-corrected chi connectivity index (χ0v) is 22.2. The van der Waals surface area contributed by atoms with E-state index in [0.717, 1.165) is 31.5 Å². The van der Waals surface area contributed by atoms with Gasteiger partial charge in [-0.15, -0.1) is 23.1 Å². The standard InChI is InChI=1S/C25H21N5O4S3/c1-13-20-23-21(29-12-28-20)19-7-6-16(35-19)11-26-24(31)14-4-3-5-17(8-14)37(32,33)30-18-9-15(22(13)36-23)10-27-25(18)34-2/h3-10,12,20,23,30H,11H2,1-2H3,(H,26,31). The maximum absolute atomic E-state index is 13.3. The van der Waals surface area contributed by atoms with Crippen LogP contribution in [0.4, 0.5) is 5.69 Å². The number of ether oxygens (including phenoxy) is 1. The van der Waals surface area contributed by atoms with Gasteiger partial charge in [0.25, 0.3) is 15.9 Å². The summed E-state index contributed by atoms with van der Waals surface area (Å²) in [7, 11) is -2.61. The molecule has 1 aromatic carbocycles. The number of rotatable bonds is 1. The maximum Gasteiger partial charge on any atom is 0.262 e. The van der Waals surface area contributed by atoms with Gasteiger partial charge in [-0.3, -0.25) is 14.5 Å². The highest BCUT2D eigenvalue weighted by molar-refractivity contribution is 8.10. The highest BCUT2D eigenvalue weighted by atomic mass is 32.2. The van der Waals surface area contributed by atoms with Crippen LogP contribution in [0.3, 0.4) is 0 Å². The van der Waals surface area contributed by atoms with E-state index in [1.54, 1.807) is 53.8 Å². The van der Waals surface area contributed by atoms with Crippen molar-refractivity contribution >= 4 is 61.7 Å². The van der Waals surface area contributed by atoms with Gasteiger partial charge < -0.3 is 10.1 Å². The number of carbonyl (C=O) groups is 1. The lowest BCUT2D eigenvalue weighted by atomic mass is 9.99.